The molecule has 3 heteroatoms. The maximum absolute atomic E-state index is 2.71. The summed E-state index contributed by atoms with van der Waals surface area (Å²) in [6.07, 6.45) is 4.14. The summed E-state index contributed by atoms with van der Waals surface area (Å²) < 4.78 is 0. The molecule has 0 atom stereocenters. The van der Waals surface area contributed by atoms with Gasteiger partial charge in [0.1, 0.15) is 0 Å². The molecule has 2 saturated heterocycles. The van der Waals surface area contributed by atoms with Crippen molar-refractivity contribution in [3.63, 3.8) is 0 Å². The van der Waals surface area contributed by atoms with Gasteiger partial charge in [-0.05, 0) is 51.4 Å². The molecule has 0 radical (unpaired) electrons. The van der Waals surface area contributed by atoms with Crippen molar-refractivity contribution >= 4 is 0 Å². The third kappa shape index (κ3) is 6.11. The van der Waals surface area contributed by atoms with Crippen molar-refractivity contribution in [2.24, 2.45) is 5.92 Å². The van der Waals surface area contributed by atoms with Crippen LogP contribution in [0.25, 0.3) is 0 Å². The fourth-order valence-electron chi connectivity index (χ4n) is 3.36. The minimum absolute atomic E-state index is 0.963. The van der Waals surface area contributed by atoms with E-state index in [4.69, 9.17) is 0 Å². The van der Waals surface area contributed by atoms with Gasteiger partial charge in [0.2, 0.25) is 0 Å². The molecule has 0 aromatic rings. The Bertz CT molecular complexity index is 216. The van der Waals surface area contributed by atoms with Crippen molar-refractivity contribution < 1.29 is 0 Å². The summed E-state index contributed by atoms with van der Waals surface area (Å²) in [6.45, 7) is 20.3. The monoisotopic (exact) mass is 283 g/mol. The Morgan fingerprint density at radius 3 is 1.80 bits per heavy atom. The van der Waals surface area contributed by atoms with Crippen molar-refractivity contribution in [1.82, 2.24) is 14.7 Å². The molecule has 0 aromatic heterocycles. The third-order valence-electron chi connectivity index (χ3n) is 4.68. The van der Waals surface area contributed by atoms with Gasteiger partial charge < -0.3 is 14.7 Å². The lowest BCUT2D eigenvalue weighted by Gasteiger charge is -2.38. The molecule has 0 spiro atoms. The zero-order valence-electron chi connectivity index (χ0n) is 14.4. The van der Waals surface area contributed by atoms with Crippen molar-refractivity contribution in [3.8, 4) is 0 Å². The normalized spacial score (nSPS) is 23.4. The average Bonchev–Trinajstić information content (AvgIpc) is 2.52. The fraction of sp³-hybridized carbons (Fsp3) is 1.00. The van der Waals surface area contributed by atoms with Crippen LogP contribution in [0.15, 0.2) is 0 Å². The van der Waals surface area contributed by atoms with Crippen LogP contribution in [0.5, 0.6) is 0 Å². The summed E-state index contributed by atoms with van der Waals surface area (Å²) in [5.41, 5.74) is 0. The molecule has 0 saturated carbocycles. The summed E-state index contributed by atoms with van der Waals surface area (Å²) in [6, 6.07) is 0. The van der Waals surface area contributed by atoms with Gasteiger partial charge in [-0.25, -0.2) is 0 Å². The van der Waals surface area contributed by atoms with E-state index in [2.05, 4.69) is 28.5 Å². The summed E-state index contributed by atoms with van der Waals surface area (Å²) in [5.74, 6) is 0.963. The van der Waals surface area contributed by atoms with E-state index in [1.54, 1.807) is 0 Å². The van der Waals surface area contributed by atoms with Gasteiger partial charge in [-0.2, -0.15) is 0 Å². The Kier molecular flexibility index (Phi) is 9.49. The smallest absolute Gasteiger partial charge is 0.0110 e. The first kappa shape index (κ1) is 17.9. The van der Waals surface area contributed by atoms with E-state index in [0.717, 1.165) is 5.92 Å². The Morgan fingerprint density at radius 2 is 1.30 bits per heavy atom. The molecule has 2 aliphatic heterocycles. The predicted octanol–water partition coefficient (Wildman–Crippen LogP) is 2.77. The van der Waals surface area contributed by atoms with Gasteiger partial charge in [0.15, 0.2) is 0 Å². The van der Waals surface area contributed by atoms with Crippen LogP contribution in [-0.4, -0.2) is 73.6 Å². The quantitative estimate of drug-likeness (QED) is 0.768. The third-order valence-corrected chi connectivity index (χ3v) is 4.68. The minimum Gasteiger partial charge on any atom is -0.304 e. The maximum Gasteiger partial charge on any atom is 0.0110 e. The first-order chi connectivity index (χ1) is 9.81. The van der Waals surface area contributed by atoms with Crippen LogP contribution in [0.3, 0.4) is 0 Å². The molecule has 2 aliphatic rings. The van der Waals surface area contributed by atoms with Gasteiger partial charge in [-0.1, -0.05) is 27.7 Å². The number of hydrogen-bond donors (Lipinski definition) is 0. The molecule has 0 amide bonds. The molecular formula is C17H37N3. The van der Waals surface area contributed by atoms with E-state index in [1.165, 1.54) is 78.2 Å². The highest BCUT2D eigenvalue weighted by atomic mass is 15.3. The molecule has 3 nitrogen and oxygen atoms in total. The number of rotatable bonds is 5. The zero-order valence-corrected chi connectivity index (χ0v) is 14.4. The van der Waals surface area contributed by atoms with Crippen LogP contribution >= 0.6 is 0 Å². The average molecular weight is 284 g/mol. The van der Waals surface area contributed by atoms with E-state index in [9.17, 15) is 0 Å². The van der Waals surface area contributed by atoms with Crippen LogP contribution < -0.4 is 0 Å². The topological polar surface area (TPSA) is 9.72 Å². The van der Waals surface area contributed by atoms with Crippen molar-refractivity contribution in [2.75, 3.05) is 58.9 Å². The Hall–Kier alpha value is -0.120. The number of nitrogens with zero attached hydrogens (tertiary/aromatic N) is 3. The standard InChI is InChI=1S/C15H31N3.C2H6/c1-3-7-17-10-12-18(13-11-17)14-15-5-8-16(4-2)9-6-15;1-2/h15H,3-14H2,1-2H3;1-2H3. The molecule has 2 heterocycles. The van der Waals surface area contributed by atoms with Crippen molar-refractivity contribution in [2.45, 2.75) is 47.0 Å². The lowest BCUT2D eigenvalue weighted by molar-refractivity contribution is 0.0964. The Labute approximate surface area is 127 Å². The van der Waals surface area contributed by atoms with Crippen molar-refractivity contribution in [3.05, 3.63) is 0 Å². The predicted molar refractivity (Wildman–Crippen MR) is 89.4 cm³/mol. The van der Waals surface area contributed by atoms with Gasteiger partial charge in [0.05, 0.1) is 0 Å². The molecule has 0 unspecified atom stereocenters. The van der Waals surface area contributed by atoms with Gasteiger partial charge in [-0.15, -0.1) is 0 Å². The summed E-state index contributed by atoms with van der Waals surface area (Å²) in [7, 11) is 0. The molecule has 20 heavy (non-hydrogen) atoms. The number of piperidine rings is 1. The highest BCUT2D eigenvalue weighted by molar-refractivity contribution is 4.78. The van der Waals surface area contributed by atoms with Crippen LogP contribution in [0, 0.1) is 5.92 Å². The van der Waals surface area contributed by atoms with E-state index < -0.39 is 0 Å². The van der Waals surface area contributed by atoms with Crippen LogP contribution in [-0.2, 0) is 0 Å². The molecule has 0 aromatic carbocycles. The Morgan fingerprint density at radius 1 is 0.750 bits per heavy atom. The summed E-state index contributed by atoms with van der Waals surface area (Å²) in [5, 5.41) is 0. The zero-order chi connectivity index (χ0) is 14.8. The van der Waals surface area contributed by atoms with Crippen LogP contribution in [0.4, 0.5) is 0 Å². The minimum atomic E-state index is 0.963. The van der Waals surface area contributed by atoms with Crippen LogP contribution in [0.2, 0.25) is 0 Å². The number of likely N-dealkylation sites (tertiary alicyclic amines) is 1. The van der Waals surface area contributed by atoms with E-state index >= 15 is 0 Å². The van der Waals surface area contributed by atoms with Gasteiger partial charge in [-0.3, -0.25) is 0 Å². The van der Waals surface area contributed by atoms with E-state index in [0.29, 0.717) is 0 Å². The number of hydrogen-bond acceptors (Lipinski definition) is 3. The largest absolute Gasteiger partial charge is 0.304 e. The molecule has 0 aliphatic carbocycles. The van der Waals surface area contributed by atoms with E-state index in [-0.39, 0.29) is 0 Å². The first-order valence-electron chi connectivity index (χ1n) is 8.99. The molecule has 0 bridgehead atoms. The molecule has 120 valence electrons. The molecule has 2 fully saturated rings. The number of piperazine rings is 1. The lowest BCUT2D eigenvalue weighted by Crippen LogP contribution is -2.48. The first-order valence-corrected chi connectivity index (χ1v) is 8.99. The maximum atomic E-state index is 2.71. The van der Waals surface area contributed by atoms with Crippen molar-refractivity contribution in [1.29, 1.82) is 0 Å². The molecule has 2 rings (SSSR count). The van der Waals surface area contributed by atoms with Gasteiger partial charge in [0, 0.05) is 32.7 Å². The highest BCUT2D eigenvalue weighted by Crippen LogP contribution is 2.18. The molecule has 0 N–H and O–H groups in total. The molecular weight excluding hydrogens is 246 g/mol. The second kappa shape index (κ2) is 10.6. The van der Waals surface area contributed by atoms with Gasteiger partial charge in [0.25, 0.3) is 0 Å². The second-order valence-electron chi connectivity index (χ2n) is 6.02. The summed E-state index contributed by atoms with van der Waals surface area (Å²) >= 11 is 0. The fourth-order valence-corrected chi connectivity index (χ4v) is 3.36. The van der Waals surface area contributed by atoms with E-state index in [1.807, 2.05) is 13.8 Å². The Balaban J connectivity index is 0.000000956. The van der Waals surface area contributed by atoms with Gasteiger partial charge >= 0.3 is 0 Å². The highest BCUT2D eigenvalue weighted by Gasteiger charge is 2.22. The second-order valence-corrected chi connectivity index (χ2v) is 6.02. The summed E-state index contributed by atoms with van der Waals surface area (Å²) in [4.78, 5) is 7.92. The SMILES string of the molecule is CC.CCCN1CCN(CC2CCN(CC)CC2)CC1. The van der Waals surface area contributed by atoms with Crippen LogP contribution in [0.1, 0.15) is 47.0 Å². The lowest BCUT2D eigenvalue weighted by atomic mass is 9.96.